The second kappa shape index (κ2) is 12.2. The van der Waals surface area contributed by atoms with Crippen LogP contribution in [0.15, 0.2) is 113 Å². The molecule has 39 heavy (non-hydrogen) atoms. The zero-order valence-electron chi connectivity index (χ0n) is 19.9. The molecule has 0 aliphatic carbocycles. The summed E-state index contributed by atoms with van der Waals surface area (Å²) in [6, 6.07) is 25.7. The topological polar surface area (TPSA) is 130 Å². The van der Waals surface area contributed by atoms with Gasteiger partial charge < -0.3 is 4.74 Å². The average Bonchev–Trinajstić information content (AvgIpc) is 2.95. The van der Waals surface area contributed by atoms with Gasteiger partial charge in [-0.2, -0.15) is 0 Å². The van der Waals surface area contributed by atoms with E-state index in [1.807, 2.05) is 0 Å². The zero-order chi connectivity index (χ0) is 27.9. The number of rotatable bonds is 9. The Hall–Kier alpha value is -4.80. The molecule has 0 N–H and O–H groups in total. The van der Waals surface area contributed by atoms with Gasteiger partial charge in [-0.25, -0.2) is 4.79 Å². The van der Waals surface area contributed by atoms with Crippen LogP contribution in [0.2, 0.25) is 5.02 Å². The molecule has 0 atom stereocenters. The normalized spacial score (nSPS) is 11.3. The number of allylic oxidation sites excluding steroid dienone is 1. The van der Waals surface area contributed by atoms with Crippen LogP contribution in [0.5, 0.6) is 0 Å². The van der Waals surface area contributed by atoms with Crippen molar-refractivity contribution in [2.24, 2.45) is 0 Å². The minimum atomic E-state index is -0.991. The van der Waals surface area contributed by atoms with Crippen molar-refractivity contribution in [3.8, 4) is 0 Å². The molecular formula is C28H17ClN2O7S. The fourth-order valence-electron chi connectivity index (χ4n) is 3.48. The molecule has 0 radical (unpaired) electrons. The van der Waals surface area contributed by atoms with Gasteiger partial charge in [-0.05, 0) is 18.2 Å². The lowest BCUT2D eigenvalue weighted by Gasteiger charge is -2.15. The molecule has 0 aliphatic heterocycles. The summed E-state index contributed by atoms with van der Waals surface area (Å²) in [6.07, 6.45) is 0. The summed E-state index contributed by atoms with van der Waals surface area (Å²) in [5, 5.41) is 22.9. The number of thioether (sulfide) groups is 1. The Bertz CT molecular complexity index is 1610. The summed E-state index contributed by atoms with van der Waals surface area (Å²) in [5.74, 6) is -1.71. The van der Waals surface area contributed by atoms with Crippen LogP contribution in [-0.2, 0) is 4.74 Å². The molecule has 0 aliphatic rings. The number of nitro groups is 2. The molecule has 11 heteroatoms. The van der Waals surface area contributed by atoms with Crippen molar-refractivity contribution in [2.45, 2.75) is 4.90 Å². The van der Waals surface area contributed by atoms with E-state index in [9.17, 15) is 29.8 Å². The number of para-hydroxylation sites is 1. The number of carbonyl (C=O) groups excluding carboxylic acids is 2. The molecule has 0 unspecified atom stereocenters. The number of ether oxygens (including phenoxy) is 1. The number of Topliss-reactive ketones (excluding diaryl/α,β-unsaturated/α-hetero) is 1. The Morgan fingerprint density at radius 2 is 1.26 bits per heavy atom. The van der Waals surface area contributed by atoms with Crippen LogP contribution in [0.1, 0.15) is 26.3 Å². The van der Waals surface area contributed by atoms with Crippen LogP contribution in [0.4, 0.5) is 11.4 Å². The third-order valence-electron chi connectivity index (χ3n) is 5.33. The summed E-state index contributed by atoms with van der Waals surface area (Å²) in [7, 11) is 0. The summed E-state index contributed by atoms with van der Waals surface area (Å²) < 4.78 is 5.74. The van der Waals surface area contributed by atoms with Crippen molar-refractivity contribution in [2.75, 3.05) is 0 Å². The van der Waals surface area contributed by atoms with Gasteiger partial charge in [0.1, 0.15) is 9.93 Å². The maximum absolute atomic E-state index is 13.8. The number of carbonyl (C=O) groups is 2. The van der Waals surface area contributed by atoms with Crippen molar-refractivity contribution < 1.29 is 24.2 Å². The Morgan fingerprint density at radius 3 is 1.87 bits per heavy atom. The molecule has 194 valence electrons. The molecule has 0 spiro atoms. The molecule has 0 saturated heterocycles. The second-order valence-electron chi connectivity index (χ2n) is 7.86. The Kier molecular flexibility index (Phi) is 8.50. The fourth-order valence-corrected chi connectivity index (χ4v) is 4.74. The maximum Gasteiger partial charge on any atom is 0.343 e. The third-order valence-corrected chi connectivity index (χ3v) is 6.79. The Balaban J connectivity index is 1.91. The van der Waals surface area contributed by atoms with E-state index in [-0.39, 0.29) is 37.4 Å². The van der Waals surface area contributed by atoms with Crippen molar-refractivity contribution in [3.63, 3.8) is 0 Å². The lowest BCUT2D eigenvalue weighted by molar-refractivity contribution is -0.387. The molecule has 4 rings (SSSR count). The molecule has 0 bridgehead atoms. The van der Waals surface area contributed by atoms with E-state index in [1.165, 1.54) is 30.3 Å². The van der Waals surface area contributed by atoms with Crippen molar-refractivity contribution >= 4 is 52.2 Å². The van der Waals surface area contributed by atoms with Gasteiger partial charge in [0.2, 0.25) is 5.78 Å². The summed E-state index contributed by atoms with van der Waals surface area (Å²) in [6.45, 7) is 0. The summed E-state index contributed by atoms with van der Waals surface area (Å²) >= 11 is 6.66. The zero-order valence-corrected chi connectivity index (χ0v) is 21.4. The first-order chi connectivity index (χ1) is 18.8. The van der Waals surface area contributed by atoms with E-state index >= 15 is 0 Å². The quantitative estimate of drug-likeness (QED) is 0.0395. The summed E-state index contributed by atoms with van der Waals surface area (Å²) in [4.78, 5) is 48.8. The largest absolute Gasteiger partial charge is 0.421 e. The van der Waals surface area contributed by atoms with Crippen molar-refractivity contribution in [1.29, 1.82) is 0 Å². The highest BCUT2D eigenvalue weighted by atomic mass is 35.5. The minimum absolute atomic E-state index is 0.0986. The van der Waals surface area contributed by atoms with Gasteiger partial charge in [-0.1, -0.05) is 96.2 Å². The Morgan fingerprint density at radius 1 is 0.692 bits per heavy atom. The van der Waals surface area contributed by atoms with E-state index in [1.54, 1.807) is 66.7 Å². The lowest BCUT2D eigenvalue weighted by atomic mass is 10.1. The number of halogens is 1. The van der Waals surface area contributed by atoms with Crippen LogP contribution >= 0.6 is 23.4 Å². The first-order valence-electron chi connectivity index (χ1n) is 11.2. The lowest BCUT2D eigenvalue weighted by Crippen LogP contribution is -2.11. The number of hydrogen-bond acceptors (Lipinski definition) is 8. The van der Waals surface area contributed by atoms with Gasteiger partial charge >= 0.3 is 5.97 Å². The molecular weight excluding hydrogens is 544 g/mol. The molecule has 9 nitrogen and oxygen atoms in total. The van der Waals surface area contributed by atoms with Gasteiger partial charge in [-0.3, -0.25) is 25.0 Å². The number of benzene rings is 4. The number of hydrogen-bond donors (Lipinski definition) is 0. The average molecular weight is 561 g/mol. The predicted molar refractivity (Wildman–Crippen MR) is 147 cm³/mol. The fraction of sp³-hybridized carbons (Fsp3) is 0. The number of ketones is 1. The molecule has 0 aromatic heterocycles. The maximum atomic E-state index is 13.8. The first kappa shape index (κ1) is 27.2. The number of esters is 1. The second-order valence-corrected chi connectivity index (χ2v) is 9.32. The highest BCUT2D eigenvalue weighted by Crippen LogP contribution is 2.40. The van der Waals surface area contributed by atoms with Gasteiger partial charge in [0.15, 0.2) is 5.76 Å². The van der Waals surface area contributed by atoms with Crippen LogP contribution < -0.4 is 0 Å². The van der Waals surface area contributed by atoms with E-state index in [0.717, 1.165) is 17.8 Å². The van der Waals surface area contributed by atoms with E-state index in [4.69, 9.17) is 16.3 Å². The van der Waals surface area contributed by atoms with Crippen molar-refractivity contribution in [3.05, 3.63) is 150 Å². The first-order valence-corrected chi connectivity index (χ1v) is 12.4. The third kappa shape index (κ3) is 6.38. The molecule has 0 heterocycles. The Labute approximate surface area is 231 Å². The van der Waals surface area contributed by atoms with Gasteiger partial charge in [0.25, 0.3) is 11.4 Å². The van der Waals surface area contributed by atoms with E-state index in [0.29, 0.717) is 5.56 Å². The van der Waals surface area contributed by atoms with E-state index < -0.39 is 27.3 Å². The van der Waals surface area contributed by atoms with Crippen LogP contribution in [0.25, 0.3) is 5.76 Å². The molecule has 0 amide bonds. The number of nitrogens with zero attached hydrogens (tertiary/aromatic N) is 2. The number of nitro benzene ring substituents is 2. The van der Waals surface area contributed by atoms with Gasteiger partial charge in [0, 0.05) is 23.3 Å². The molecule has 4 aromatic carbocycles. The molecule has 0 saturated carbocycles. The monoisotopic (exact) mass is 560 g/mol. The van der Waals surface area contributed by atoms with Crippen LogP contribution in [-0.4, -0.2) is 21.6 Å². The van der Waals surface area contributed by atoms with E-state index in [2.05, 4.69) is 0 Å². The highest BCUT2D eigenvalue weighted by molar-refractivity contribution is 8.04. The molecule has 0 fully saturated rings. The van der Waals surface area contributed by atoms with Gasteiger partial charge in [-0.15, -0.1) is 0 Å². The predicted octanol–water partition coefficient (Wildman–Crippen LogP) is 7.36. The molecule has 4 aromatic rings. The van der Waals surface area contributed by atoms with Crippen LogP contribution in [0.3, 0.4) is 0 Å². The summed E-state index contributed by atoms with van der Waals surface area (Å²) in [5.41, 5.74) is -0.328. The SMILES string of the molecule is O=C(O/C(=C(/Sc1ccccc1[N+](=O)[O-])C(=O)c1ccccc1)c1ccccc1)c1ccc(Cl)c([N+](=O)[O-])c1. The highest BCUT2D eigenvalue weighted by Gasteiger charge is 2.27. The standard InChI is InChI=1S/C28H17ClN2O7S/c29-21-16-15-20(17-23(21)31(36)37)28(33)38-26(19-11-5-2-6-12-19)27(25(32)18-9-3-1-4-10-18)39-24-14-8-7-13-22(24)30(34)35/h1-17H/b27-26+. The smallest absolute Gasteiger partial charge is 0.343 e. The van der Waals surface area contributed by atoms with Crippen LogP contribution in [0, 0.1) is 20.2 Å². The van der Waals surface area contributed by atoms with Crippen molar-refractivity contribution in [1.82, 2.24) is 0 Å². The van der Waals surface area contributed by atoms with Gasteiger partial charge in [0.05, 0.1) is 20.3 Å². The minimum Gasteiger partial charge on any atom is -0.421 e.